The number of aliphatic hydroxyl groups excluding tert-OH is 1. The first kappa shape index (κ1) is 38.1. The number of aryl methyl sites for hydroxylation is 2. The summed E-state index contributed by atoms with van der Waals surface area (Å²) in [5.74, 6) is 0.541. The van der Waals surface area contributed by atoms with Crippen LogP contribution in [-0.4, -0.2) is 85.2 Å². The first-order valence-electron chi connectivity index (χ1n) is 18.7. The number of aromatic hydroxyl groups is 1. The molecule has 0 unspecified atom stereocenters. The van der Waals surface area contributed by atoms with Crippen molar-refractivity contribution >= 4 is 50.6 Å². The number of rotatable bonds is 14. The fourth-order valence-electron chi connectivity index (χ4n) is 7.80. The van der Waals surface area contributed by atoms with Crippen LogP contribution in [0.1, 0.15) is 64.0 Å². The minimum absolute atomic E-state index is 0.0621. The van der Waals surface area contributed by atoms with Crippen molar-refractivity contribution in [2.45, 2.75) is 76.0 Å². The molecule has 56 heavy (non-hydrogen) atoms. The number of hydrogen-bond acceptors (Lipinski definition) is 14. The first-order valence-corrected chi connectivity index (χ1v) is 20.4. The lowest BCUT2D eigenvalue weighted by molar-refractivity contribution is -0.169. The Morgan fingerprint density at radius 3 is 2.71 bits per heavy atom. The smallest absolute Gasteiger partial charge is 0.349 e. The number of esters is 1. The van der Waals surface area contributed by atoms with Crippen molar-refractivity contribution in [2.75, 3.05) is 26.9 Å². The Balaban J connectivity index is 0.843. The number of nitrogens with one attached hydrogen (secondary N) is 2. The molecule has 1 aliphatic heterocycles. The van der Waals surface area contributed by atoms with Crippen LogP contribution in [0.5, 0.6) is 17.2 Å². The summed E-state index contributed by atoms with van der Waals surface area (Å²) in [6.07, 6.45) is 2.90. The highest BCUT2D eigenvalue weighted by atomic mass is 32.1. The molecule has 0 amide bonds. The number of phenols is 1. The third kappa shape index (κ3) is 7.40. The van der Waals surface area contributed by atoms with Gasteiger partial charge in [-0.15, -0.1) is 27.8 Å². The maximum absolute atomic E-state index is 13.5. The van der Waals surface area contributed by atoms with Crippen molar-refractivity contribution in [3.63, 3.8) is 0 Å². The average molecular weight is 801 g/mol. The molecule has 14 nitrogen and oxygen atoms in total. The van der Waals surface area contributed by atoms with Crippen LogP contribution in [0.3, 0.4) is 0 Å². The van der Waals surface area contributed by atoms with Gasteiger partial charge in [-0.2, -0.15) is 0 Å². The van der Waals surface area contributed by atoms with E-state index in [9.17, 15) is 24.9 Å². The molecule has 2 aromatic carbocycles. The highest BCUT2D eigenvalue weighted by Crippen LogP contribution is 2.42. The molecule has 5 N–H and O–H groups in total. The average Bonchev–Trinajstić information content (AvgIpc) is 4.03. The second-order valence-electron chi connectivity index (χ2n) is 14.5. The van der Waals surface area contributed by atoms with Crippen LogP contribution in [0.2, 0.25) is 0 Å². The summed E-state index contributed by atoms with van der Waals surface area (Å²) < 4.78 is 19.7. The third-order valence-corrected chi connectivity index (χ3v) is 12.9. The normalized spacial score (nSPS) is 18.4. The van der Waals surface area contributed by atoms with Crippen LogP contribution in [0.4, 0.5) is 0 Å². The van der Waals surface area contributed by atoms with E-state index in [2.05, 4.69) is 32.6 Å². The Morgan fingerprint density at radius 1 is 1.12 bits per heavy atom. The van der Waals surface area contributed by atoms with Gasteiger partial charge in [0.2, 0.25) is 18.0 Å². The molecule has 1 saturated carbocycles. The number of H-pyrrole nitrogens is 1. The lowest BCUT2D eigenvalue weighted by Gasteiger charge is -2.35. The van der Waals surface area contributed by atoms with Crippen molar-refractivity contribution in [2.24, 2.45) is 0 Å². The summed E-state index contributed by atoms with van der Waals surface area (Å²) in [7, 11) is 2.13. The molecule has 8 rings (SSSR count). The number of carbonyl (C=O) groups excluding carboxylic acids is 1. The Labute approximate surface area is 330 Å². The van der Waals surface area contributed by atoms with Crippen molar-refractivity contribution < 1.29 is 34.3 Å². The van der Waals surface area contributed by atoms with Gasteiger partial charge in [0.1, 0.15) is 22.9 Å². The zero-order valence-corrected chi connectivity index (χ0v) is 32.7. The van der Waals surface area contributed by atoms with E-state index in [1.165, 1.54) is 34.8 Å². The number of hydrogen-bond donors (Lipinski definition) is 5. The van der Waals surface area contributed by atoms with E-state index in [0.717, 1.165) is 54.6 Å². The van der Waals surface area contributed by atoms with Crippen LogP contribution in [0.15, 0.2) is 64.8 Å². The predicted molar refractivity (Wildman–Crippen MR) is 212 cm³/mol. The Morgan fingerprint density at radius 2 is 1.95 bits per heavy atom. The molecular formula is C40H44N6O8S2. The molecule has 6 aromatic rings. The summed E-state index contributed by atoms with van der Waals surface area (Å²) in [6, 6.07) is 15.7. The second kappa shape index (κ2) is 16.0. The van der Waals surface area contributed by atoms with E-state index < -0.39 is 17.7 Å². The summed E-state index contributed by atoms with van der Waals surface area (Å²) >= 11 is 2.76. The highest BCUT2D eigenvalue weighted by Gasteiger charge is 2.45. The molecule has 1 aliphatic carbocycles. The van der Waals surface area contributed by atoms with Crippen molar-refractivity contribution in [1.82, 2.24) is 30.2 Å². The van der Waals surface area contributed by atoms with E-state index in [0.29, 0.717) is 56.9 Å². The second-order valence-corrected chi connectivity index (χ2v) is 16.7. The van der Waals surface area contributed by atoms with Crippen LogP contribution in [0.25, 0.3) is 21.9 Å². The van der Waals surface area contributed by atoms with Crippen LogP contribution in [-0.2, 0) is 28.2 Å². The van der Waals surface area contributed by atoms with Gasteiger partial charge in [0.05, 0.1) is 21.4 Å². The van der Waals surface area contributed by atoms with Crippen LogP contribution in [0, 0.1) is 6.92 Å². The number of pyridine rings is 1. The Bertz CT molecular complexity index is 2400. The van der Waals surface area contributed by atoms with Gasteiger partial charge >= 0.3 is 5.97 Å². The number of carbonyl (C=O) groups is 1. The minimum atomic E-state index is -1.80. The summed E-state index contributed by atoms with van der Waals surface area (Å²) in [4.78, 5) is 32.5. The monoisotopic (exact) mass is 800 g/mol. The molecule has 0 bridgehead atoms. The van der Waals surface area contributed by atoms with Gasteiger partial charge in [-0.25, -0.2) is 9.48 Å². The maximum atomic E-state index is 13.5. The quantitative estimate of drug-likeness (QED) is 0.0924. The molecule has 16 heteroatoms. The summed E-state index contributed by atoms with van der Waals surface area (Å²) in [6.45, 7) is 4.07. The van der Waals surface area contributed by atoms with Gasteiger partial charge in [0.25, 0.3) is 0 Å². The summed E-state index contributed by atoms with van der Waals surface area (Å²) in [5.41, 5.74) is 0.997. The molecule has 5 heterocycles. The Hall–Kier alpha value is -4.84. The number of aromatic nitrogens is 4. The van der Waals surface area contributed by atoms with E-state index >= 15 is 0 Å². The fourth-order valence-corrected chi connectivity index (χ4v) is 9.65. The van der Waals surface area contributed by atoms with Gasteiger partial charge in [-0.05, 0) is 100.0 Å². The lowest BCUT2D eigenvalue weighted by atomic mass is 9.91. The molecule has 1 fully saturated rings. The first-order chi connectivity index (χ1) is 27.1. The molecule has 294 valence electrons. The molecule has 0 saturated heterocycles. The van der Waals surface area contributed by atoms with Crippen LogP contribution >= 0.6 is 22.7 Å². The highest BCUT2D eigenvalue weighted by molar-refractivity contribution is 7.13. The number of phenolic OH excluding ortho intramolecular Hbond substituents is 1. The van der Waals surface area contributed by atoms with E-state index in [4.69, 9.17) is 14.2 Å². The third-order valence-electron chi connectivity index (χ3n) is 10.8. The standard InChI is InChI=1S/C40H44N6O8S2/c1-23-6-14-33(56-23)40(51,32-5-3-18-55-32)39(50)54-26-9-7-25(8-10-26)45(2)16-4-17-46-36-29(43-44-46)19-24(37-38(36)53-22-52-37)20-41-21-31(48)27-11-13-30(47)35-28(27)12-15-34(49)42-35/h3,5-6,11-15,18-19,25-26,31,41,47-48,51H,4,7-10,16-17,20-22H2,1-2H3,(H,42,49)/t25?,26?,31-,40+/m0/s1. The molecule has 4 aromatic heterocycles. The number of nitrogens with zero attached hydrogens (tertiary/aromatic N) is 4. The number of thiophene rings is 2. The van der Waals surface area contributed by atoms with Crippen LogP contribution < -0.4 is 20.3 Å². The minimum Gasteiger partial charge on any atom is -0.506 e. The fraction of sp³-hybridized carbons (Fsp3) is 0.400. The van der Waals surface area contributed by atoms with Gasteiger partial charge in [-0.3, -0.25) is 4.79 Å². The molecule has 0 radical (unpaired) electrons. The number of fused-ring (bicyclic) bond motifs is 4. The molecule has 2 aliphatic rings. The van der Waals surface area contributed by atoms with Crippen molar-refractivity contribution in [3.05, 3.63) is 96.1 Å². The largest absolute Gasteiger partial charge is 0.506 e. The summed E-state index contributed by atoms with van der Waals surface area (Å²) in [5, 5.41) is 47.5. The predicted octanol–water partition coefficient (Wildman–Crippen LogP) is 5.07. The van der Waals surface area contributed by atoms with Gasteiger partial charge in [-0.1, -0.05) is 17.3 Å². The Kier molecular flexibility index (Phi) is 10.8. The zero-order chi connectivity index (χ0) is 39.0. The van der Waals surface area contributed by atoms with Crippen molar-refractivity contribution in [3.8, 4) is 17.2 Å². The molecule has 0 spiro atoms. The molecular weight excluding hydrogens is 757 g/mol. The zero-order valence-electron chi connectivity index (χ0n) is 31.1. The van der Waals surface area contributed by atoms with E-state index in [-0.39, 0.29) is 36.3 Å². The number of aliphatic hydroxyl groups is 2. The number of benzene rings is 2. The van der Waals surface area contributed by atoms with Gasteiger partial charge < -0.3 is 44.7 Å². The topological polar surface area (TPSA) is 184 Å². The van der Waals surface area contributed by atoms with Gasteiger partial charge in [0, 0.05) is 47.6 Å². The van der Waals surface area contributed by atoms with Crippen molar-refractivity contribution in [1.29, 1.82) is 0 Å². The van der Waals surface area contributed by atoms with Gasteiger partial charge in [0.15, 0.2) is 11.5 Å². The van der Waals surface area contributed by atoms with E-state index in [1.807, 2.05) is 41.3 Å². The molecule has 2 atom stereocenters. The number of ether oxygens (including phenoxy) is 3. The van der Waals surface area contributed by atoms with E-state index in [1.54, 1.807) is 18.2 Å². The maximum Gasteiger partial charge on any atom is 0.349 e. The lowest BCUT2D eigenvalue weighted by Crippen LogP contribution is -2.42. The SMILES string of the molecule is Cc1ccc([C@@](O)(C(=O)OC2CCC(N(C)CCCn3nnc4cc(CNC[C@H](O)c5ccc(O)c6[nH]c(=O)ccc56)c5c(c43)OCO5)CC2)c2cccs2)s1. The number of aromatic amines is 1.